The van der Waals surface area contributed by atoms with Gasteiger partial charge >= 0.3 is 12.0 Å². The monoisotopic (exact) mass is 275 g/mol. The van der Waals surface area contributed by atoms with Crippen LogP contribution in [0, 0.1) is 5.92 Å². The molecule has 4 atom stereocenters. The first-order valence-corrected chi connectivity index (χ1v) is 5.97. The van der Waals surface area contributed by atoms with Crippen LogP contribution in [-0.2, 0) is 9.59 Å². The van der Waals surface area contributed by atoms with Crippen molar-refractivity contribution in [2.75, 3.05) is 0 Å². The Balaban J connectivity index is 4.89. The van der Waals surface area contributed by atoms with Crippen LogP contribution in [0.15, 0.2) is 0 Å². The maximum Gasteiger partial charge on any atom is 0.328 e. The van der Waals surface area contributed by atoms with Crippen LogP contribution < -0.4 is 16.4 Å². The summed E-state index contributed by atoms with van der Waals surface area (Å²) < 4.78 is 0. The summed E-state index contributed by atoms with van der Waals surface area (Å²) in [5, 5.41) is 22.6. The van der Waals surface area contributed by atoms with E-state index in [0.717, 1.165) is 0 Å². The lowest BCUT2D eigenvalue weighted by Crippen LogP contribution is -2.57. The zero-order valence-corrected chi connectivity index (χ0v) is 11.2. The van der Waals surface area contributed by atoms with E-state index < -0.39 is 36.1 Å². The molecule has 0 aromatic carbocycles. The molecule has 0 heterocycles. The normalized spacial score (nSPS) is 16.8. The average molecular weight is 275 g/mol. The van der Waals surface area contributed by atoms with E-state index in [9.17, 15) is 19.5 Å². The van der Waals surface area contributed by atoms with Crippen LogP contribution in [0.25, 0.3) is 0 Å². The van der Waals surface area contributed by atoms with Crippen molar-refractivity contribution in [3.05, 3.63) is 0 Å². The van der Waals surface area contributed by atoms with E-state index in [1.54, 1.807) is 6.92 Å². The van der Waals surface area contributed by atoms with E-state index >= 15 is 0 Å². The van der Waals surface area contributed by atoms with Gasteiger partial charge in [-0.05, 0) is 12.8 Å². The molecular weight excluding hydrogens is 254 g/mol. The standard InChI is InChI=1S/C11H21N3O5/c1-4-5(2)7(14-11(12)19)9(16)13-8(6(3)15)10(17)18/h5-8,15H,4H2,1-3H3,(H,13,16)(H,17,18)(H3,12,14,19)/t5?,6-,7?,8+/m1/s1. The molecule has 0 aromatic heterocycles. The summed E-state index contributed by atoms with van der Waals surface area (Å²) in [7, 11) is 0. The van der Waals surface area contributed by atoms with E-state index in [-0.39, 0.29) is 5.92 Å². The van der Waals surface area contributed by atoms with Crippen LogP contribution in [0.2, 0.25) is 0 Å². The van der Waals surface area contributed by atoms with Crippen molar-refractivity contribution in [3.63, 3.8) is 0 Å². The largest absolute Gasteiger partial charge is 0.480 e. The Morgan fingerprint density at radius 1 is 1.16 bits per heavy atom. The third-order valence-corrected chi connectivity index (χ3v) is 2.84. The Labute approximate surface area is 111 Å². The quantitative estimate of drug-likeness (QED) is 0.406. The summed E-state index contributed by atoms with van der Waals surface area (Å²) in [6.07, 6.45) is -0.669. The van der Waals surface area contributed by atoms with Gasteiger partial charge in [0.05, 0.1) is 6.10 Å². The minimum atomic E-state index is -1.44. The van der Waals surface area contributed by atoms with Gasteiger partial charge in [-0.15, -0.1) is 0 Å². The zero-order chi connectivity index (χ0) is 15.2. The van der Waals surface area contributed by atoms with Crippen LogP contribution in [0.1, 0.15) is 27.2 Å². The van der Waals surface area contributed by atoms with Gasteiger partial charge in [0, 0.05) is 0 Å². The van der Waals surface area contributed by atoms with Gasteiger partial charge in [-0.25, -0.2) is 9.59 Å². The maximum absolute atomic E-state index is 11.9. The lowest BCUT2D eigenvalue weighted by atomic mass is 9.98. The molecule has 19 heavy (non-hydrogen) atoms. The Morgan fingerprint density at radius 2 is 1.68 bits per heavy atom. The van der Waals surface area contributed by atoms with Crippen molar-refractivity contribution >= 4 is 17.9 Å². The number of primary amides is 1. The van der Waals surface area contributed by atoms with Crippen molar-refractivity contribution in [1.29, 1.82) is 0 Å². The second-order valence-electron chi connectivity index (χ2n) is 4.44. The lowest BCUT2D eigenvalue weighted by Gasteiger charge is -2.25. The van der Waals surface area contributed by atoms with Crippen LogP contribution >= 0.6 is 0 Å². The molecule has 2 unspecified atom stereocenters. The second kappa shape index (κ2) is 7.57. The molecule has 110 valence electrons. The van der Waals surface area contributed by atoms with Crippen LogP contribution in [0.5, 0.6) is 0 Å². The molecule has 0 radical (unpaired) electrons. The SMILES string of the molecule is CCC(C)C(NC(N)=O)C(=O)N[C@H](C(=O)O)[C@@H](C)O. The molecule has 0 spiro atoms. The molecule has 8 nitrogen and oxygen atoms in total. The molecule has 3 amide bonds. The molecule has 0 bridgehead atoms. The van der Waals surface area contributed by atoms with E-state index in [4.69, 9.17) is 10.8 Å². The number of carbonyl (C=O) groups is 3. The number of nitrogens with two attached hydrogens (primary N) is 1. The summed E-state index contributed by atoms with van der Waals surface area (Å²) in [6.45, 7) is 4.79. The zero-order valence-electron chi connectivity index (χ0n) is 11.2. The van der Waals surface area contributed by atoms with Crippen LogP contribution in [-0.4, -0.2) is 46.3 Å². The Morgan fingerprint density at radius 3 is 2.00 bits per heavy atom. The van der Waals surface area contributed by atoms with Crippen LogP contribution in [0.4, 0.5) is 4.79 Å². The van der Waals surface area contributed by atoms with Crippen molar-refractivity contribution in [3.8, 4) is 0 Å². The van der Waals surface area contributed by atoms with Gasteiger partial charge < -0.3 is 26.6 Å². The summed E-state index contributed by atoms with van der Waals surface area (Å²) in [5.41, 5.74) is 4.98. The van der Waals surface area contributed by atoms with Crippen molar-refractivity contribution in [2.24, 2.45) is 11.7 Å². The number of carboxylic acid groups (broad SMARTS) is 1. The molecule has 0 aromatic rings. The number of hydrogen-bond acceptors (Lipinski definition) is 4. The Kier molecular flexibility index (Phi) is 6.84. The summed E-state index contributed by atoms with van der Waals surface area (Å²) in [5.74, 6) is -2.28. The number of nitrogens with one attached hydrogen (secondary N) is 2. The molecule has 0 saturated carbocycles. The van der Waals surface area contributed by atoms with Gasteiger partial charge in [-0.2, -0.15) is 0 Å². The number of carbonyl (C=O) groups excluding carboxylic acids is 2. The highest BCUT2D eigenvalue weighted by atomic mass is 16.4. The van der Waals surface area contributed by atoms with Crippen molar-refractivity contribution in [1.82, 2.24) is 10.6 Å². The number of amides is 3. The summed E-state index contributed by atoms with van der Waals surface area (Å²) in [6, 6.07) is -3.25. The maximum atomic E-state index is 11.9. The van der Waals surface area contributed by atoms with Gasteiger partial charge in [0.15, 0.2) is 6.04 Å². The average Bonchev–Trinajstić information content (AvgIpc) is 2.30. The van der Waals surface area contributed by atoms with E-state index in [0.29, 0.717) is 6.42 Å². The minimum Gasteiger partial charge on any atom is -0.480 e. The molecular formula is C11H21N3O5. The molecule has 0 rings (SSSR count). The highest BCUT2D eigenvalue weighted by Crippen LogP contribution is 2.08. The Bertz CT molecular complexity index is 345. The van der Waals surface area contributed by atoms with E-state index in [1.807, 2.05) is 6.92 Å². The second-order valence-corrected chi connectivity index (χ2v) is 4.44. The number of aliphatic hydroxyl groups is 1. The van der Waals surface area contributed by atoms with Crippen molar-refractivity contribution in [2.45, 2.75) is 45.4 Å². The van der Waals surface area contributed by atoms with Crippen molar-refractivity contribution < 1.29 is 24.6 Å². The van der Waals surface area contributed by atoms with Gasteiger partial charge in [-0.1, -0.05) is 20.3 Å². The third kappa shape index (κ3) is 5.56. The van der Waals surface area contributed by atoms with Gasteiger partial charge in [0.1, 0.15) is 6.04 Å². The first-order valence-electron chi connectivity index (χ1n) is 5.97. The minimum absolute atomic E-state index is 0.226. The molecule has 0 aliphatic rings. The number of rotatable bonds is 7. The fourth-order valence-electron chi connectivity index (χ4n) is 1.49. The fraction of sp³-hybridized carbons (Fsp3) is 0.727. The summed E-state index contributed by atoms with van der Waals surface area (Å²) >= 11 is 0. The third-order valence-electron chi connectivity index (χ3n) is 2.84. The molecule has 6 N–H and O–H groups in total. The predicted molar refractivity (Wildman–Crippen MR) is 67.2 cm³/mol. The first-order chi connectivity index (χ1) is 8.70. The molecule has 0 aliphatic heterocycles. The number of urea groups is 1. The molecule has 0 saturated heterocycles. The molecule has 0 fully saturated rings. The lowest BCUT2D eigenvalue weighted by molar-refractivity contribution is -0.145. The van der Waals surface area contributed by atoms with E-state index in [2.05, 4.69) is 10.6 Å². The highest BCUT2D eigenvalue weighted by Gasteiger charge is 2.31. The fourth-order valence-corrected chi connectivity index (χ4v) is 1.49. The predicted octanol–water partition coefficient (Wildman–Crippen LogP) is -0.980. The van der Waals surface area contributed by atoms with Crippen LogP contribution in [0.3, 0.4) is 0 Å². The first kappa shape index (κ1) is 17.2. The molecule has 8 heteroatoms. The Hall–Kier alpha value is -1.83. The molecule has 0 aliphatic carbocycles. The van der Waals surface area contributed by atoms with Gasteiger partial charge in [0.25, 0.3) is 0 Å². The number of carboxylic acids is 1. The topological polar surface area (TPSA) is 142 Å². The van der Waals surface area contributed by atoms with Gasteiger partial charge in [0.2, 0.25) is 5.91 Å². The highest BCUT2D eigenvalue weighted by molar-refractivity contribution is 5.90. The van der Waals surface area contributed by atoms with E-state index in [1.165, 1.54) is 6.92 Å². The number of aliphatic hydroxyl groups excluding tert-OH is 1. The number of hydrogen-bond donors (Lipinski definition) is 5. The van der Waals surface area contributed by atoms with Gasteiger partial charge in [-0.3, -0.25) is 4.79 Å². The summed E-state index contributed by atoms with van der Waals surface area (Å²) in [4.78, 5) is 33.7. The number of aliphatic carboxylic acids is 1. The smallest absolute Gasteiger partial charge is 0.328 e.